The largest absolute Gasteiger partial charge is 0.307 e. The number of likely N-dealkylation sites (N-methyl/N-ethyl adjacent to an activating group) is 1. The van der Waals surface area contributed by atoms with Crippen LogP contribution in [0.1, 0.15) is 12.5 Å². The van der Waals surface area contributed by atoms with Gasteiger partial charge in [-0.3, -0.25) is 4.79 Å². The number of hydrogen-bond donors (Lipinski definition) is 0. The van der Waals surface area contributed by atoms with Gasteiger partial charge in [0, 0.05) is 15.9 Å². The van der Waals surface area contributed by atoms with Crippen molar-refractivity contribution in [2.45, 2.75) is 11.8 Å². The predicted molar refractivity (Wildman–Crippen MR) is 92.4 cm³/mol. The molecule has 21 heavy (non-hydrogen) atoms. The highest BCUT2D eigenvalue weighted by Gasteiger charge is 2.27. The number of carbonyl (C=O) groups excluding carboxylic acids is 1. The molecule has 0 saturated heterocycles. The van der Waals surface area contributed by atoms with Crippen molar-refractivity contribution in [2.24, 2.45) is 0 Å². The fourth-order valence-electron chi connectivity index (χ4n) is 2.32. The van der Waals surface area contributed by atoms with Crippen LogP contribution in [0.25, 0.3) is 6.08 Å². The third-order valence-electron chi connectivity index (χ3n) is 3.29. The zero-order valence-corrected chi connectivity index (χ0v) is 13.9. The van der Waals surface area contributed by atoms with Gasteiger partial charge < -0.3 is 4.90 Å². The number of anilines is 1. The van der Waals surface area contributed by atoms with Gasteiger partial charge in [0.15, 0.2) is 0 Å². The highest BCUT2D eigenvalue weighted by molar-refractivity contribution is 9.10. The summed E-state index contributed by atoms with van der Waals surface area (Å²) in [5, 5.41) is 0. The van der Waals surface area contributed by atoms with Crippen LogP contribution in [0.5, 0.6) is 0 Å². The Kier molecular flexibility index (Phi) is 4.17. The Bertz CT molecular complexity index is 726. The van der Waals surface area contributed by atoms with Gasteiger partial charge in [0.05, 0.1) is 10.6 Å². The Morgan fingerprint density at radius 1 is 1.19 bits per heavy atom. The average molecular weight is 360 g/mol. The van der Waals surface area contributed by atoms with Crippen LogP contribution >= 0.6 is 27.7 Å². The van der Waals surface area contributed by atoms with Gasteiger partial charge in [-0.15, -0.1) is 0 Å². The van der Waals surface area contributed by atoms with Gasteiger partial charge in [0.25, 0.3) is 5.91 Å². The number of thioether (sulfide) groups is 1. The summed E-state index contributed by atoms with van der Waals surface area (Å²) in [5.74, 6) is 0.0705. The average Bonchev–Trinajstić information content (AvgIpc) is 2.48. The Morgan fingerprint density at radius 3 is 2.76 bits per heavy atom. The molecule has 1 heterocycles. The van der Waals surface area contributed by atoms with Crippen LogP contribution in [0.3, 0.4) is 0 Å². The zero-order valence-electron chi connectivity index (χ0n) is 11.5. The smallest absolute Gasteiger partial charge is 0.265 e. The Balaban J connectivity index is 2.03. The minimum absolute atomic E-state index is 0.0705. The van der Waals surface area contributed by atoms with E-state index in [9.17, 15) is 4.79 Å². The van der Waals surface area contributed by atoms with E-state index in [2.05, 4.69) is 22.0 Å². The van der Waals surface area contributed by atoms with Gasteiger partial charge >= 0.3 is 0 Å². The molecule has 2 aromatic carbocycles. The number of carbonyl (C=O) groups is 1. The lowest BCUT2D eigenvalue weighted by molar-refractivity contribution is -0.114. The quantitative estimate of drug-likeness (QED) is 0.707. The molecule has 0 aromatic heterocycles. The highest BCUT2D eigenvalue weighted by atomic mass is 79.9. The van der Waals surface area contributed by atoms with Crippen LogP contribution < -0.4 is 4.90 Å². The van der Waals surface area contributed by atoms with Crippen LogP contribution in [0, 0.1) is 0 Å². The fourth-order valence-corrected chi connectivity index (χ4v) is 3.80. The number of fused-ring (bicyclic) bond motifs is 1. The summed E-state index contributed by atoms with van der Waals surface area (Å²) in [6.45, 7) is 2.67. The summed E-state index contributed by atoms with van der Waals surface area (Å²) in [6.07, 6.45) is 1.95. The fraction of sp³-hybridized carbons (Fsp3) is 0.118. The number of nitrogens with zero attached hydrogens (tertiary/aromatic N) is 1. The van der Waals surface area contributed by atoms with Crippen molar-refractivity contribution in [1.82, 2.24) is 0 Å². The van der Waals surface area contributed by atoms with Gasteiger partial charge in [0.1, 0.15) is 0 Å². The van der Waals surface area contributed by atoms with E-state index in [1.807, 2.05) is 60.4 Å². The van der Waals surface area contributed by atoms with E-state index < -0.39 is 0 Å². The van der Waals surface area contributed by atoms with Crippen molar-refractivity contribution in [2.75, 3.05) is 11.4 Å². The number of amides is 1. The molecule has 0 N–H and O–H groups in total. The number of halogens is 1. The lowest BCUT2D eigenvalue weighted by Gasteiger charge is -2.29. The van der Waals surface area contributed by atoms with E-state index in [-0.39, 0.29) is 5.91 Å². The van der Waals surface area contributed by atoms with E-state index in [4.69, 9.17) is 0 Å². The molecule has 0 saturated carbocycles. The SMILES string of the molecule is CCN1C(=O)/C(=C/c2cccc(Br)c2)Sc2ccccc21. The number of para-hydroxylation sites is 1. The van der Waals surface area contributed by atoms with Gasteiger partial charge in [-0.05, 0) is 42.8 Å². The zero-order chi connectivity index (χ0) is 14.8. The number of rotatable bonds is 2. The molecular weight excluding hydrogens is 346 g/mol. The number of benzene rings is 2. The highest BCUT2D eigenvalue weighted by Crippen LogP contribution is 2.41. The maximum atomic E-state index is 12.6. The van der Waals surface area contributed by atoms with Gasteiger partial charge in [0.2, 0.25) is 0 Å². The maximum Gasteiger partial charge on any atom is 0.265 e. The first-order chi connectivity index (χ1) is 10.2. The topological polar surface area (TPSA) is 20.3 Å². The molecule has 3 rings (SSSR count). The minimum Gasteiger partial charge on any atom is -0.307 e. The van der Waals surface area contributed by atoms with Crippen molar-refractivity contribution in [3.8, 4) is 0 Å². The van der Waals surface area contributed by atoms with E-state index >= 15 is 0 Å². The summed E-state index contributed by atoms with van der Waals surface area (Å²) < 4.78 is 1.01. The molecule has 0 spiro atoms. The maximum absolute atomic E-state index is 12.6. The molecular formula is C17H14BrNOS. The summed E-state index contributed by atoms with van der Waals surface area (Å²) in [4.78, 5) is 16.3. The second-order valence-corrected chi connectivity index (χ2v) is 6.68. The first kappa shape index (κ1) is 14.4. The second kappa shape index (κ2) is 6.08. The summed E-state index contributed by atoms with van der Waals surface area (Å²) in [7, 11) is 0. The first-order valence-electron chi connectivity index (χ1n) is 6.75. The summed E-state index contributed by atoms with van der Waals surface area (Å²) in [5.41, 5.74) is 2.03. The van der Waals surface area contributed by atoms with E-state index in [0.717, 1.165) is 25.5 Å². The Morgan fingerprint density at radius 2 is 2.00 bits per heavy atom. The number of hydrogen-bond acceptors (Lipinski definition) is 2. The van der Waals surface area contributed by atoms with Crippen molar-refractivity contribution in [3.05, 3.63) is 63.5 Å². The summed E-state index contributed by atoms with van der Waals surface area (Å²) >= 11 is 5.00. The normalized spacial score (nSPS) is 16.2. The molecule has 0 atom stereocenters. The molecule has 1 aliphatic heterocycles. The van der Waals surface area contributed by atoms with E-state index in [1.165, 1.54) is 11.8 Å². The van der Waals surface area contributed by atoms with E-state index in [1.54, 1.807) is 0 Å². The molecule has 106 valence electrons. The summed E-state index contributed by atoms with van der Waals surface area (Å²) in [6, 6.07) is 16.0. The first-order valence-corrected chi connectivity index (χ1v) is 8.36. The van der Waals surface area contributed by atoms with Crippen molar-refractivity contribution >= 4 is 45.4 Å². The molecule has 2 nitrogen and oxygen atoms in total. The van der Waals surface area contributed by atoms with Gasteiger partial charge in [-0.2, -0.15) is 0 Å². The third kappa shape index (κ3) is 2.92. The van der Waals surface area contributed by atoms with Gasteiger partial charge in [-0.25, -0.2) is 0 Å². The second-order valence-electron chi connectivity index (χ2n) is 4.68. The van der Waals surface area contributed by atoms with Crippen molar-refractivity contribution < 1.29 is 4.79 Å². The monoisotopic (exact) mass is 359 g/mol. The van der Waals surface area contributed by atoms with Crippen LogP contribution in [0.4, 0.5) is 5.69 Å². The molecule has 0 radical (unpaired) electrons. The van der Waals surface area contributed by atoms with Crippen molar-refractivity contribution in [3.63, 3.8) is 0 Å². The molecule has 1 aliphatic rings. The molecule has 0 fully saturated rings. The molecule has 0 aliphatic carbocycles. The lowest BCUT2D eigenvalue weighted by Crippen LogP contribution is -2.33. The van der Waals surface area contributed by atoms with Crippen LogP contribution in [-0.4, -0.2) is 12.5 Å². The van der Waals surface area contributed by atoms with Crippen LogP contribution in [0.2, 0.25) is 0 Å². The van der Waals surface area contributed by atoms with Crippen molar-refractivity contribution in [1.29, 1.82) is 0 Å². The van der Waals surface area contributed by atoms with Crippen LogP contribution in [-0.2, 0) is 4.79 Å². The van der Waals surface area contributed by atoms with Crippen LogP contribution in [0.15, 0.2) is 62.8 Å². The van der Waals surface area contributed by atoms with Gasteiger partial charge in [-0.1, -0.05) is 52.0 Å². The van der Waals surface area contributed by atoms with E-state index in [0.29, 0.717) is 6.54 Å². The Hall–Kier alpha value is -1.52. The molecule has 0 bridgehead atoms. The predicted octanol–water partition coefficient (Wildman–Crippen LogP) is 4.95. The third-order valence-corrected chi connectivity index (χ3v) is 4.87. The molecule has 2 aromatic rings. The standard InChI is InChI=1S/C17H14BrNOS/c1-2-19-14-8-3-4-9-15(14)21-16(17(19)20)11-12-6-5-7-13(18)10-12/h3-11H,2H2,1H3/b16-11-. The molecule has 1 amide bonds. The lowest BCUT2D eigenvalue weighted by atomic mass is 10.2. The Labute approximate surface area is 137 Å². The molecule has 0 unspecified atom stereocenters. The molecule has 4 heteroatoms. The minimum atomic E-state index is 0.0705.